The van der Waals surface area contributed by atoms with Gasteiger partial charge in [0.2, 0.25) is 0 Å². The van der Waals surface area contributed by atoms with Gasteiger partial charge < -0.3 is 10.1 Å². The van der Waals surface area contributed by atoms with Gasteiger partial charge in [-0.3, -0.25) is 0 Å². The second kappa shape index (κ2) is 5.79. The van der Waals surface area contributed by atoms with Crippen LogP contribution in [-0.4, -0.2) is 42.3 Å². The maximum absolute atomic E-state index is 5.40. The normalized spacial score (nSPS) is 23.1. The molecule has 0 bridgehead atoms. The lowest BCUT2D eigenvalue weighted by Gasteiger charge is -2.20. The van der Waals surface area contributed by atoms with E-state index in [0.29, 0.717) is 12.0 Å². The molecule has 1 fully saturated rings. The van der Waals surface area contributed by atoms with Crippen molar-refractivity contribution in [2.75, 3.05) is 26.0 Å². The summed E-state index contributed by atoms with van der Waals surface area (Å²) in [4.78, 5) is 0. The fraction of sp³-hybridized carbons (Fsp3) is 0.778. The van der Waals surface area contributed by atoms with Crippen molar-refractivity contribution in [3.05, 3.63) is 5.51 Å². The molecule has 2 heterocycles. The molecule has 6 heteroatoms. The van der Waals surface area contributed by atoms with Crippen LogP contribution in [0.4, 0.5) is 0 Å². The monoisotopic (exact) mass is 245 g/mol. The Kier molecular flexibility index (Phi) is 4.37. The van der Waals surface area contributed by atoms with E-state index in [2.05, 4.69) is 15.5 Å². The van der Waals surface area contributed by atoms with E-state index in [-0.39, 0.29) is 0 Å². The lowest BCUT2D eigenvalue weighted by Crippen LogP contribution is -2.36. The summed E-state index contributed by atoms with van der Waals surface area (Å²) >= 11 is 3.37. The molecule has 0 aromatic carbocycles. The predicted octanol–water partition coefficient (Wildman–Crippen LogP) is 1.25. The van der Waals surface area contributed by atoms with Crippen molar-refractivity contribution in [1.29, 1.82) is 0 Å². The zero-order chi connectivity index (χ0) is 10.5. The minimum absolute atomic E-state index is 0.515. The van der Waals surface area contributed by atoms with Crippen molar-refractivity contribution in [3.63, 3.8) is 0 Å². The molecule has 84 valence electrons. The molecule has 0 aliphatic carbocycles. The summed E-state index contributed by atoms with van der Waals surface area (Å²) in [7, 11) is 2.02. The average Bonchev–Trinajstić information content (AvgIpc) is 2.90. The SMILES string of the molecule is CNC(CSc1nncs1)C1CCOC1. The van der Waals surface area contributed by atoms with Crippen LogP contribution in [0.15, 0.2) is 9.85 Å². The quantitative estimate of drug-likeness (QED) is 0.791. The van der Waals surface area contributed by atoms with E-state index in [4.69, 9.17) is 4.74 Å². The number of ether oxygens (including phenoxy) is 1. The Hall–Kier alpha value is -0.170. The molecule has 2 unspecified atom stereocenters. The zero-order valence-corrected chi connectivity index (χ0v) is 10.3. The summed E-state index contributed by atoms with van der Waals surface area (Å²) in [5, 5.41) is 11.2. The molecule has 2 rings (SSSR count). The van der Waals surface area contributed by atoms with Crippen molar-refractivity contribution in [1.82, 2.24) is 15.5 Å². The second-order valence-corrected chi connectivity index (χ2v) is 5.63. The van der Waals surface area contributed by atoms with E-state index >= 15 is 0 Å². The van der Waals surface area contributed by atoms with Gasteiger partial charge in [0, 0.05) is 24.3 Å². The number of nitrogens with one attached hydrogen (secondary N) is 1. The van der Waals surface area contributed by atoms with Crippen molar-refractivity contribution in [3.8, 4) is 0 Å². The summed E-state index contributed by atoms with van der Waals surface area (Å²) in [5.41, 5.74) is 1.77. The Morgan fingerprint density at radius 1 is 1.80 bits per heavy atom. The van der Waals surface area contributed by atoms with Gasteiger partial charge >= 0.3 is 0 Å². The molecule has 4 nitrogen and oxygen atoms in total. The largest absolute Gasteiger partial charge is 0.381 e. The van der Waals surface area contributed by atoms with E-state index in [1.165, 1.54) is 6.42 Å². The summed E-state index contributed by atoms with van der Waals surface area (Å²) in [6.07, 6.45) is 1.17. The van der Waals surface area contributed by atoms with Gasteiger partial charge in [-0.2, -0.15) is 0 Å². The highest BCUT2D eigenvalue weighted by Gasteiger charge is 2.24. The fourth-order valence-corrected chi connectivity index (χ4v) is 3.46. The number of thioether (sulfide) groups is 1. The molecular weight excluding hydrogens is 230 g/mol. The van der Waals surface area contributed by atoms with Crippen molar-refractivity contribution in [2.24, 2.45) is 5.92 Å². The molecule has 1 saturated heterocycles. The van der Waals surface area contributed by atoms with Gasteiger partial charge in [0.25, 0.3) is 0 Å². The van der Waals surface area contributed by atoms with Crippen LogP contribution in [0, 0.1) is 5.92 Å². The Bertz CT molecular complexity index is 275. The fourth-order valence-electron chi connectivity index (χ4n) is 1.71. The third kappa shape index (κ3) is 3.14. The molecule has 0 spiro atoms. The molecular formula is C9H15N3OS2. The van der Waals surface area contributed by atoms with Crippen LogP contribution in [0.5, 0.6) is 0 Å². The number of nitrogens with zero attached hydrogens (tertiary/aromatic N) is 2. The molecule has 1 aliphatic heterocycles. The molecule has 1 N–H and O–H groups in total. The Morgan fingerprint density at radius 3 is 3.33 bits per heavy atom. The smallest absolute Gasteiger partial charge is 0.174 e. The number of hydrogen-bond donors (Lipinski definition) is 1. The first-order valence-corrected chi connectivity index (χ1v) is 6.90. The highest BCUT2D eigenvalue weighted by atomic mass is 32.2. The van der Waals surface area contributed by atoms with Gasteiger partial charge in [-0.25, -0.2) is 0 Å². The lowest BCUT2D eigenvalue weighted by molar-refractivity contribution is 0.180. The van der Waals surface area contributed by atoms with E-state index in [1.54, 1.807) is 28.6 Å². The molecule has 0 amide bonds. The van der Waals surface area contributed by atoms with Gasteiger partial charge in [-0.15, -0.1) is 10.2 Å². The first kappa shape index (κ1) is 11.3. The van der Waals surface area contributed by atoms with Crippen molar-refractivity contribution < 1.29 is 4.74 Å². The summed E-state index contributed by atoms with van der Waals surface area (Å²) < 4.78 is 6.45. The minimum Gasteiger partial charge on any atom is -0.381 e. The first-order chi connectivity index (χ1) is 7.40. The van der Waals surface area contributed by atoms with Crippen LogP contribution < -0.4 is 5.32 Å². The molecule has 0 saturated carbocycles. The minimum atomic E-state index is 0.515. The third-order valence-electron chi connectivity index (χ3n) is 2.63. The number of hydrogen-bond acceptors (Lipinski definition) is 6. The summed E-state index contributed by atoms with van der Waals surface area (Å²) in [6.45, 7) is 1.80. The Balaban J connectivity index is 1.80. The van der Waals surface area contributed by atoms with Gasteiger partial charge in [0.1, 0.15) is 5.51 Å². The van der Waals surface area contributed by atoms with Crippen LogP contribution >= 0.6 is 23.1 Å². The van der Waals surface area contributed by atoms with Crippen LogP contribution in [-0.2, 0) is 4.74 Å². The van der Waals surface area contributed by atoms with Crippen molar-refractivity contribution in [2.45, 2.75) is 16.8 Å². The molecule has 1 aromatic rings. The van der Waals surface area contributed by atoms with Crippen molar-refractivity contribution >= 4 is 23.1 Å². The van der Waals surface area contributed by atoms with E-state index in [1.807, 2.05) is 7.05 Å². The van der Waals surface area contributed by atoms with E-state index in [9.17, 15) is 0 Å². The Morgan fingerprint density at radius 2 is 2.73 bits per heavy atom. The standard InChI is InChI=1S/C9H15N3OS2/c1-10-8(7-2-3-13-4-7)5-14-9-12-11-6-15-9/h6-8,10H,2-5H2,1H3. The molecule has 1 aromatic heterocycles. The molecule has 0 radical (unpaired) electrons. The maximum atomic E-state index is 5.40. The van der Waals surface area contributed by atoms with E-state index in [0.717, 1.165) is 23.3 Å². The third-order valence-corrected chi connectivity index (χ3v) is 4.61. The number of rotatable bonds is 5. The second-order valence-electron chi connectivity index (χ2n) is 3.53. The van der Waals surface area contributed by atoms with Crippen LogP contribution in [0.2, 0.25) is 0 Å². The number of aromatic nitrogens is 2. The highest BCUT2D eigenvalue weighted by Crippen LogP contribution is 2.24. The van der Waals surface area contributed by atoms with Crippen LogP contribution in [0.1, 0.15) is 6.42 Å². The lowest BCUT2D eigenvalue weighted by atomic mass is 10.0. The maximum Gasteiger partial charge on any atom is 0.174 e. The van der Waals surface area contributed by atoms with Gasteiger partial charge in [-0.05, 0) is 13.5 Å². The summed E-state index contributed by atoms with van der Waals surface area (Å²) in [6, 6.07) is 0.515. The van der Waals surface area contributed by atoms with E-state index < -0.39 is 0 Å². The molecule has 15 heavy (non-hydrogen) atoms. The topological polar surface area (TPSA) is 47.0 Å². The summed E-state index contributed by atoms with van der Waals surface area (Å²) in [5.74, 6) is 1.69. The van der Waals surface area contributed by atoms with Crippen LogP contribution in [0.25, 0.3) is 0 Å². The van der Waals surface area contributed by atoms with Gasteiger partial charge in [0.15, 0.2) is 4.34 Å². The highest BCUT2D eigenvalue weighted by molar-refractivity contribution is 8.01. The zero-order valence-electron chi connectivity index (χ0n) is 8.68. The Labute approximate surface area is 97.8 Å². The predicted molar refractivity (Wildman–Crippen MR) is 62.4 cm³/mol. The van der Waals surface area contributed by atoms with Gasteiger partial charge in [-0.1, -0.05) is 23.1 Å². The molecule has 2 atom stereocenters. The molecule has 1 aliphatic rings. The average molecular weight is 245 g/mol. The van der Waals surface area contributed by atoms with Gasteiger partial charge in [0.05, 0.1) is 6.61 Å². The van der Waals surface area contributed by atoms with Crippen LogP contribution in [0.3, 0.4) is 0 Å². The first-order valence-electron chi connectivity index (χ1n) is 5.04.